The van der Waals surface area contributed by atoms with Crippen molar-refractivity contribution in [3.8, 4) is 0 Å². The van der Waals surface area contributed by atoms with Crippen LogP contribution < -0.4 is 5.32 Å². The topological polar surface area (TPSA) is 51.0 Å². The van der Waals surface area contributed by atoms with Gasteiger partial charge in [0.2, 0.25) is 6.39 Å². The molecule has 1 N–H and O–H groups in total. The van der Waals surface area contributed by atoms with Gasteiger partial charge in [-0.1, -0.05) is 32.3 Å². The van der Waals surface area contributed by atoms with Crippen molar-refractivity contribution in [2.24, 2.45) is 17.8 Å². The van der Waals surface area contributed by atoms with E-state index in [2.05, 4.69) is 36.2 Å². The monoisotopic (exact) mass is 251 g/mol. The van der Waals surface area contributed by atoms with Crippen molar-refractivity contribution in [3.63, 3.8) is 0 Å². The fraction of sp³-hybridized carbons (Fsp3) is 0.857. The first-order chi connectivity index (χ1) is 8.66. The maximum absolute atomic E-state index is 4.74. The van der Waals surface area contributed by atoms with Gasteiger partial charge in [-0.05, 0) is 30.6 Å². The van der Waals surface area contributed by atoms with Gasteiger partial charge in [-0.3, -0.25) is 0 Å². The summed E-state index contributed by atoms with van der Waals surface area (Å²) in [4.78, 5) is 4.05. The van der Waals surface area contributed by atoms with Crippen molar-refractivity contribution in [1.82, 2.24) is 15.5 Å². The van der Waals surface area contributed by atoms with E-state index in [9.17, 15) is 0 Å². The van der Waals surface area contributed by atoms with Gasteiger partial charge < -0.3 is 9.84 Å². The summed E-state index contributed by atoms with van der Waals surface area (Å²) in [6.07, 6.45) is 6.29. The molecule has 18 heavy (non-hydrogen) atoms. The van der Waals surface area contributed by atoms with Crippen LogP contribution in [0.4, 0.5) is 0 Å². The zero-order chi connectivity index (χ0) is 13.0. The van der Waals surface area contributed by atoms with Gasteiger partial charge in [-0.2, -0.15) is 4.98 Å². The molecule has 0 aromatic carbocycles. The summed E-state index contributed by atoms with van der Waals surface area (Å²) in [6, 6.07) is 0.653. The van der Waals surface area contributed by atoms with E-state index in [0.717, 1.165) is 36.5 Å². The molecule has 0 saturated heterocycles. The molecule has 3 atom stereocenters. The molecule has 0 amide bonds. The van der Waals surface area contributed by atoms with Gasteiger partial charge >= 0.3 is 0 Å². The number of aromatic nitrogens is 2. The molecule has 102 valence electrons. The third-order valence-electron chi connectivity index (χ3n) is 4.18. The van der Waals surface area contributed by atoms with Crippen molar-refractivity contribution >= 4 is 0 Å². The minimum absolute atomic E-state index is 0.653. The third kappa shape index (κ3) is 3.55. The van der Waals surface area contributed by atoms with Gasteiger partial charge in [0.15, 0.2) is 5.82 Å². The Morgan fingerprint density at radius 1 is 1.44 bits per heavy atom. The van der Waals surface area contributed by atoms with E-state index in [4.69, 9.17) is 4.52 Å². The highest BCUT2D eigenvalue weighted by molar-refractivity contribution is 4.87. The first-order valence-corrected chi connectivity index (χ1v) is 7.15. The van der Waals surface area contributed by atoms with Crippen LogP contribution in [0.15, 0.2) is 10.9 Å². The molecule has 0 spiro atoms. The van der Waals surface area contributed by atoms with Gasteiger partial charge in [0.05, 0.1) is 0 Å². The molecule has 1 saturated carbocycles. The predicted molar refractivity (Wildman–Crippen MR) is 71.1 cm³/mol. The first kappa shape index (κ1) is 13.5. The Balaban J connectivity index is 1.81. The van der Waals surface area contributed by atoms with Crippen LogP contribution in [-0.4, -0.2) is 22.7 Å². The quantitative estimate of drug-likeness (QED) is 0.874. The fourth-order valence-corrected chi connectivity index (χ4v) is 3.11. The number of rotatable bonds is 5. The summed E-state index contributed by atoms with van der Waals surface area (Å²) >= 11 is 0. The summed E-state index contributed by atoms with van der Waals surface area (Å²) in [5, 5.41) is 7.54. The molecule has 1 aliphatic rings. The Labute approximate surface area is 110 Å². The average Bonchev–Trinajstić information content (AvgIpc) is 2.82. The van der Waals surface area contributed by atoms with Crippen LogP contribution in [-0.2, 0) is 6.42 Å². The summed E-state index contributed by atoms with van der Waals surface area (Å²) < 4.78 is 4.74. The van der Waals surface area contributed by atoms with Crippen LogP contribution in [0.2, 0.25) is 0 Å². The van der Waals surface area contributed by atoms with Crippen molar-refractivity contribution in [3.05, 3.63) is 12.2 Å². The zero-order valence-corrected chi connectivity index (χ0v) is 11.7. The molecule has 3 unspecified atom stereocenters. The van der Waals surface area contributed by atoms with Gasteiger partial charge in [0, 0.05) is 19.0 Å². The van der Waals surface area contributed by atoms with Gasteiger partial charge in [-0.15, -0.1) is 0 Å². The molecule has 2 rings (SSSR count). The Morgan fingerprint density at radius 3 is 2.94 bits per heavy atom. The molecule has 1 aliphatic carbocycles. The average molecular weight is 251 g/mol. The molecule has 0 bridgehead atoms. The van der Waals surface area contributed by atoms with Crippen LogP contribution in [0.1, 0.15) is 45.9 Å². The number of hydrogen-bond acceptors (Lipinski definition) is 4. The standard InChI is InChI=1S/C14H25N3O/c1-10(2)12-5-4-11(3)8-13(12)15-7-6-14-16-9-18-17-14/h9-13,15H,4-8H2,1-3H3. The van der Waals surface area contributed by atoms with Gasteiger partial charge in [0.1, 0.15) is 0 Å². The van der Waals surface area contributed by atoms with E-state index in [-0.39, 0.29) is 0 Å². The highest BCUT2D eigenvalue weighted by Crippen LogP contribution is 2.33. The molecule has 1 heterocycles. The summed E-state index contributed by atoms with van der Waals surface area (Å²) in [5.41, 5.74) is 0. The molecule has 1 aromatic rings. The second-order valence-corrected chi connectivity index (χ2v) is 5.98. The van der Waals surface area contributed by atoms with Crippen molar-refractivity contribution in [2.45, 2.75) is 52.5 Å². The lowest BCUT2D eigenvalue weighted by molar-refractivity contribution is 0.170. The molecule has 1 aromatic heterocycles. The number of hydrogen-bond donors (Lipinski definition) is 1. The number of nitrogens with zero attached hydrogens (tertiary/aromatic N) is 2. The molecule has 4 heteroatoms. The van der Waals surface area contributed by atoms with Crippen LogP contribution >= 0.6 is 0 Å². The van der Waals surface area contributed by atoms with E-state index in [1.807, 2.05) is 0 Å². The highest BCUT2D eigenvalue weighted by atomic mass is 16.5. The van der Waals surface area contributed by atoms with E-state index < -0.39 is 0 Å². The van der Waals surface area contributed by atoms with E-state index >= 15 is 0 Å². The largest absolute Gasteiger partial charge is 0.343 e. The maximum Gasteiger partial charge on any atom is 0.213 e. The van der Waals surface area contributed by atoms with Crippen molar-refractivity contribution < 1.29 is 4.52 Å². The fourth-order valence-electron chi connectivity index (χ4n) is 3.11. The molecule has 4 nitrogen and oxygen atoms in total. The van der Waals surface area contributed by atoms with E-state index in [1.54, 1.807) is 0 Å². The molecule has 0 radical (unpaired) electrons. The normalized spacial score (nSPS) is 28.8. The minimum atomic E-state index is 0.653. The summed E-state index contributed by atoms with van der Waals surface area (Å²) in [5.74, 6) is 3.22. The second kappa shape index (κ2) is 6.32. The molecular weight excluding hydrogens is 226 g/mol. The first-order valence-electron chi connectivity index (χ1n) is 7.15. The lowest BCUT2D eigenvalue weighted by Crippen LogP contribution is -2.43. The van der Waals surface area contributed by atoms with Crippen LogP contribution in [0.5, 0.6) is 0 Å². The van der Waals surface area contributed by atoms with Gasteiger partial charge in [-0.25, -0.2) is 0 Å². The predicted octanol–water partition coefficient (Wildman–Crippen LogP) is 2.66. The van der Waals surface area contributed by atoms with Gasteiger partial charge in [0.25, 0.3) is 0 Å². The zero-order valence-electron chi connectivity index (χ0n) is 11.7. The second-order valence-electron chi connectivity index (χ2n) is 5.98. The Morgan fingerprint density at radius 2 is 2.28 bits per heavy atom. The highest BCUT2D eigenvalue weighted by Gasteiger charge is 2.30. The van der Waals surface area contributed by atoms with E-state index in [1.165, 1.54) is 25.7 Å². The Kier molecular flexibility index (Phi) is 4.75. The number of nitrogens with one attached hydrogen (secondary N) is 1. The summed E-state index contributed by atoms with van der Waals surface area (Å²) in [6.45, 7) is 7.99. The lowest BCUT2D eigenvalue weighted by atomic mass is 9.74. The SMILES string of the molecule is CC1CCC(C(C)C)C(NCCc2ncon2)C1. The van der Waals surface area contributed by atoms with Crippen LogP contribution in [0, 0.1) is 17.8 Å². The van der Waals surface area contributed by atoms with E-state index in [0.29, 0.717) is 6.04 Å². The molecule has 0 aliphatic heterocycles. The smallest absolute Gasteiger partial charge is 0.213 e. The molecular formula is C14H25N3O. The summed E-state index contributed by atoms with van der Waals surface area (Å²) in [7, 11) is 0. The van der Waals surface area contributed by atoms with Crippen molar-refractivity contribution in [1.29, 1.82) is 0 Å². The van der Waals surface area contributed by atoms with Crippen LogP contribution in [0.3, 0.4) is 0 Å². The van der Waals surface area contributed by atoms with Crippen LogP contribution in [0.25, 0.3) is 0 Å². The molecule has 1 fully saturated rings. The Bertz CT molecular complexity index is 337. The van der Waals surface area contributed by atoms with Crippen molar-refractivity contribution in [2.75, 3.05) is 6.54 Å². The lowest BCUT2D eigenvalue weighted by Gasteiger charge is -2.38. The Hall–Kier alpha value is -0.900. The third-order valence-corrected chi connectivity index (χ3v) is 4.18. The minimum Gasteiger partial charge on any atom is -0.343 e. The maximum atomic E-state index is 4.74.